The molecule has 1 atom stereocenters. The summed E-state index contributed by atoms with van der Waals surface area (Å²) in [6.07, 6.45) is 0.227. The van der Waals surface area contributed by atoms with E-state index in [4.69, 9.17) is 9.47 Å². The van der Waals surface area contributed by atoms with E-state index in [1.165, 1.54) is 0 Å². The van der Waals surface area contributed by atoms with E-state index in [-0.39, 0.29) is 24.9 Å². The largest absolute Gasteiger partial charge is 0.489 e. The van der Waals surface area contributed by atoms with Crippen molar-refractivity contribution >= 4 is 17.6 Å². The van der Waals surface area contributed by atoms with Crippen molar-refractivity contribution in [1.82, 2.24) is 0 Å². The van der Waals surface area contributed by atoms with Crippen molar-refractivity contribution in [2.24, 2.45) is 0 Å². The third kappa shape index (κ3) is 6.78. The summed E-state index contributed by atoms with van der Waals surface area (Å²) in [6, 6.07) is 26.7. The number of nitrogens with one attached hydrogen (secondary N) is 1. The Morgan fingerprint density at radius 3 is 2.17 bits per heavy atom. The van der Waals surface area contributed by atoms with Crippen LogP contribution in [0, 0.1) is 0 Å². The average Bonchev–Trinajstić information content (AvgIpc) is 2.78. The molecule has 154 valence electrons. The van der Waals surface area contributed by atoms with Crippen LogP contribution in [0.5, 0.6) is 5.75 Å². The lowest BCUT2D eigenvalue weighted by molar-refractivity contribution is -0.147. The van der Waals surface area contributed by atoms with Crippen LogP contribution in [0.1, 0.15) is 30.4 Å². The predicted molar refractivity (Wildman–Crippen MR) is 116 cm³/mol. The lowest BCUT2D eigenvalue weighted by Gasteiger charge is -2.12. The molecule has 1 amide bonds. The Balaban J connectivity index is 1.39. The van der Waals surface area contributed by atoms with E-state index in [0.717, 1.165) is 11.1 Å². The van der Waals surface area contributed by atoms with Gasteiger partial charge in [-0.2, -0.15) is 0 Å². The normalized spacial score (nSPS) is 11.4. The minimum Gasteiger partial charge on any atom is -0.489 e. The Labute approximate surface area is 176 Å². The van der Waals surface area contributed by atoms with Gasteiger partial charge in [0.05, 0.1) is 6.42 Å². The van der Waals surface area contributed by atoms with Gasteiger partial charge in [-0.25, -0.2) is 0 Å². The Kier molecular flexibility index (Phi) is 7.61. The standard InChI is InChI=1S/C25H25NO4/c1-19(21-10-6-3-7-11-21)16-25(28)30-18-24(27)26-22-12-14-23(15-13-22)29-17-20-8-4-2-5-9-20/h2-15,19H,16-18H2,1H3,(H,26,27)/t19-/m0/s1. The molecule has 0 aliphatic rings. The van der Waals surface area contributed by atoms with Crippen LogP contribution in [0.3, 0.4) is 0 Å². The Hall–Kier alpha value is -3.60. The van der Waals surface area contributed by atoms with Crippen molar-refractivity contribution in [1.29, 1.82) is 0 Å². The van der Waals surface area contributed by atoms with Gasteiger partial charge >= 0.3 is 5.97 Å². The monoisotopic (exact) mass is 403 g/mol. The zero-order valence-electron chi connectivity index (χ0n) is 16.9. The van der Waals surface area contributed by atoms with E-state index in [0.29, 0.717) is 18.0 Å². The highest BCUT2D eigenvalue weighted by molar-refractivity contribution is 5.92. The van der Waals surface area contributed by atoms with Crippen molar-refractivity contribution in [2.45, 2.75) is 25.9 Å². The summed E-state index contributed by atoms with van der Waals surface area (Å²) in [5.41, 5.74) is 2.76. The van der Waals surface area contributed by atoms with Gasteiger partial charge in [0.1, 0.15) is 12.4 Å². The van der Waals surface area contributed by atoms with Crippen LogP contribution in [-0.2, 0) is 20.9 Å². The molecular formula is C25H25NO4. The average molecular weight is 403 g/mol. The quantitative estimate of drug-likeness (QED) is 0.514. The first kappa shape index (κ1) is 21.1. The first-order valence-electron chi connectivity index (χ1n) is 9.87. The molecule has 0 aliphatic carbocycles. The second-order valence-electron chi connectivity index (χ2n) is 7.02. The van der Waals surface area contributed by atoms with E-state index in [9.17, 15) is 9.59 Å². The van der Waals surface area contributed by atoms with E-state index < -0.39 is 5.97 Å². The lowest BCUT2D eigenvalue weighted by Crippen LogP contribution is -2.21. The Morgan fingerprint density at radius 1 is 0.867 bits per heavy atom. The van der Waals surface area contributed by atoms with E-state index in [1.54, 1.807) is 24.3 Å². The maximum Gasteiger partial charge on any atom is 0.306 e. The van der Waals surface area contributed by atoms with Crippen LogP contribution in [0.4, 0.5) is 5.69 Å². The summed E-state index contributed by atoms with van der Waals surface area (Å²) in [5.74, 6) is -0.0387. The smallest absolute Gasteiger partial charge is 0.306 e. The topological polar surface area (TPSA) is 64.6 Å². The zero-order valence-corrected chi connectivity index (χ0v) is 16.9. The van der Waals surface area contributed by atoms with Gasteiger partial charge in [-0.3, -0.25) is 9.59 Å². The molecule has 3 aromatic rings. The summed E-state index contributed by atoms with van der Waals surface area (Å²) in [5, 5.41) is 2.71. The number of esters is 1. The number of benzene rings is 3. The molecule has 3 aromatic carbocycles. The molecule has 5 heteroatoms. The summed E-state index contributed by atoms with van der Waals surface area (Å²) >= 11 is 0. The molecule has 0 heterocycles. The number of rotatable bonds is 9. The number of carbonyl (C=O) groups is 2. The van der Waals surface area contributed by atoms with Crippen molar-refractivity contribution in [3.63, 3.8) is 0 Å². The highest BCUT2D eigenvalue weighted by Gasteiger charge is 2.14. The predicted octanol–water partition coefficient (Wildman–Crippen LogP) is 4.94. The van der Waals surface area contributed by atoms with Gasteiger partial charge in [-0.15, -0.1) is 0 Å². The number of hydrogen-bond acceptors (Lipinski definition) is 4. The third-order valence-corrected chi connectivity index (χ3v) is 4.59. The molecule has 0 aliphatic heterocycles. The molecule has 0 saturated heterocycles. The molecule has 1 N–H and O–H groups in total. The van der Waals surface area contributed by atoms with Gasteiger partial charge in [-0.1, -0.05) is 67.6 Å². The van der Waals surface area contributed by atoms with E-state index in [2.05, 4.69) is 5.32 Å². The van der Waals surface area contributed by atoms with Gasteiger partial charge in [0, 0.05) is 5.69 Å². The molecule has 0 saturated carbocycles. The van der Waals surface area contributed by atoms with Gasteiger partial charge in [0.25, 0.3) is 5.91 Å². The molecule has 3 rings (SSSR count). The molecule has 0 radical (unpaired) electrons. The van der Waals surface area contributed by atoms with Crippen LogP contribution in [0.2, 0.25) is 0 Å². The van der Waals surface area contributed by atoms with Gasteiger partial charge in [0.15, 0.2) is 6.61 Å². The first-order valence-corrected chi connectivity index (χ1v) is 9.87. The minimum atomic E-state index is -0.397. The fraction of sp³-hybridized carbons (Fsp3) is 0.200. The van der Waals surface area contributed by atoms with Crippen LogP contribution in [-0.4, -0.2) is 18.5 Å². The molecule has 0 spiro atoms. The Bertz CT molecular complexity index is 940. The molecule has 5 nitrogen and oxygen atoms in total. The number of carbonyl (C=O) groups excluding carboxylic acids is 2. The number of hydrogen-bond donors (Lipinski definition) is 1. The molecule has 30 heavy (non-hydrogen) atoms. The number of anilines is 1. The summed E-state index contributed by atoms with van der Waals surface area (Å²) in [4.78, 5) is 24.0. The fourth-order valence-electron chi connectivity index (χ4n) is 2.93. The third-order valence-electron chi connectivity index (χ3n) is 4.59. The van der Waals surface area contributed by atoms with Crippen LogP contribution in [0.15, 0.2) is 84.9 Å². The summed E-state index contributed by atoms with van der Waals surface area (Å²) in [7, 11) is 0. The molecule has 0 unspecified atom stereocenters. The molecule has 0 fully saturated rings. The fourth-order valence-corrected chi connectivity index (χ4v) is 2.93. The van der Waals surface area contributed by atoms with Gasteiger partial charge < -0.3 is 14.8 Å². The van der Waals surface area contributed by atoms with Gasteiger partial charge in [-0.05, 0) is 41.3 Å². The second-order valence-corrected chi connectivity index (χ2v) is 7.02. The van der Waals surface area contributed by atoms with Crippen molar-refractivity contribution in [2.75, 3.05) is 11.9 Å². The number of amides is 1. The first-order chi connectivity index (χ1) is 14.6. The maximum atomic E-state index is 12.0. The lowest BCUT2D eigenvalue weighted by atomic mass is 9.98. The van der Waals surface area contributed by atoms with E-state index in [1.807, 2.05) is 67.6 Å². The zero-order chi connectivity index (χ0) is 21.2. The Morgan fingerprint density at radius 2 is 1.50 bits per heavy atom. The number of ether oxygens (including phenoxy) is 2. The van der Waals surface area contributed by atoms with Gasteiger partial charge in [0.2, 0.25) is 0 Å². The van der Waals surface area contributed by atoms with E-state index >= 15 is 0 Å². The van der Waals surface area contributed by atoms with Crippen LogP contribution in [0.25, 0.3) is 0 Å². The second kappa shape index (κ2) is 10.8. The highest BCUT2D eigenvalue weighted by atomic mass is 16.5. The van der Waals surface area contributed by atoms with Crippen molar-refractivity contribution in [3.8, 4) is 5.75 Å². The summed E-state index contributed by atoms with van der Waals surface area (Å²) in [6.45, 7) is 2.12. The van der Waals surface area contributed by atoms with Crippen molar-refractivity contribution in [3.05, 3.63) is 96.1 Å². The summed E-state index contributed by atoms with van der Waals surface area (Å²) < 4.78 is 10.8. The molecule has 0 aromatic heterocycles. The molecule has 0 bridgehead atoms. The van der Waals surface area contributed by atoms with Crippen molar-refractivity contribution < 1.29 is 19.1 Å². The highest BCUT2D eigenvalue weighted by Crippen LogP contribution is 2.19. The molecular weight excluding hydrogens is 378 g/mol. The minimum absolute atomic E-state index is 0.0326. The van der Waals surface area contributed by atoms with Crippen LogP contribution < -0.4 is 10.1 Å². The SMILES string of the molecule is C[C@@H](CC(=O)OCC(=O)Nc1ccc(OCc2ccccc2)cc1)c1ccccc1. The van der Waals surface area contributed by atoms with Crippen LogP contribution >= 0.6 is 0 Å². The maximum absolute atomic E-state index is 12.0.